The summed E-state index contributed by atoms with van der Waals surface area (Å²) in [4.78, 5) is 0. The zero-order valence-electron chi connectivity index (χ0n) is 13.3. The Bertz CT molecular complexity index is 977. The van der Waals surface area contributed by atoms with Gasteiger partial charge in [-0.3, -0.25) is 0 Å². The van der Waals surface area contributed by atoms with E-state index >= 15 is 0 Å². The Morgan fingerprint density at radius 3 is 2.43 bits per heavy atom. The highest BCUT2D eigenvalue weighted by Gasteiger charge is 2.14. The number of nitrogens with zero attached hydrogens (tertiary/aromatic N) is 2. The maximum absolute atomic E-state index is 9.53. The second-order valence-corrected chi connectivity index (χ2v) is 5.39. The minimum absolute atomic E-state index is 0.602. The number of ether oxygens (including phenoxy) is 1. The van der Waals surface area contributed by atoms with Crippen LogP contribution < -0.4 is 4.74 Å². The molecule has 1 aromatic heterocycles. The first kappa shape index (κ1) is 14.8. The van der Waals surface area contributed by atoms with E-state index in [9.17, 15) is 5.26 Å². The first-order chi connectivity index (χ1) is 11.1. The van der Waals surface area contributed by atoms with Crippen LogP contribution in [0.15, 0.2) is 42.5 Å². The zero-order valence-corrected chi connectivity index (χ0v) is 13.3. The van der Waals surface area contributed by atoms with E-state index < -0.39 is 0 Å². The fourth-order valence-electron chi connectivity index (χ4n) is 2.57. The summed E-state index contributed by atoms with van der Waals surface area (Å²) >= 11 is 0. The molecule has 0 N–H and O–H groups in total. The Morgan fingerprint density at radius 1 is 1.04 bits per heavy atom. The van der Waals surface area contributed by atoms with Crippen molar-refractivity contribution in [1.82, 2.24) is 4.57 Å². The van der Waals surface area contributed by atoms with Crippen molar-refractivity contribution in [2.75, 3.05) is 7.11 Å². The van der Waals surface area contributed by atoms with Crippen molar-refractivity contribution in [2.24, 2.45) is 7.05 Å². The molecule has 2 aromatic carbocycles. The van der Waals surface area contributed by atoms with Gasteiger partial charge < -0.3 is 9.30 Å². The molecule has 0 amide bonds. The number of hydrogen-bond donors (Lipinski definition) is 0. The molecule has 3 rings (SSSR count). The molecule has 0 fully saturated rings. The summed E-state index contributed by atoms with van der Waals surface area (Å²) < 4.78 is 7.21. The van der Waals surface area contributed by atoms with Gasteiger partial charge in [0.15, 0.2) is 0 Å². The molecule has 0 atom stereocenters. The number of nitriles is 1. The Balaban J connectivity index is 2.16. The third kappa shape index (κ3) is 2.65. The normalized spacial score (nSPS) is 10.0. The molecule has 112 valence electrons. The molecule has 3 nitrogen and oxygen atoms in total. The van der Waals surface area contributed by atoms with E-state index in [-0.39, 0.29) is 0 Å². The van der Waals surface area contributed by atoms with Crippen molar-refractivity contribution in [1.29, 1.82) is 5.26 Å². The predicted molar refractivity (Wildman–Crippen MR) is 91.3 cm³/mol. The minimum Gasteiger partial charge on any atom is -0.497 e. The van der Waals surface area contributed by atoms with Gasteiger partial charge >= 0.3 is 0 Å². The SMILES string of the molecule is COc1ccc2c(C#N)c(C#Cc3ccc(C)cc3)n(C)c2c1. The van der Waals surface area contributed by atoms with Crippen LogP contribution in [-0.4, -0.2) is 11.7 Å². The van der Waals surface area contributed by atoms with E-state index in [0.29, 0.717) is 5.56 Å². The molecule has 0 aliphatic carbocycles. The average molecular weight is 300 g/mol. The lowest BCUT2D eigenvalue weighted by Crippen LogP contribution is -1.93. The van der Waals surface area contributed by atoms with Gasteiger partial charge in [-0.15, -0.1) is 0 Å². The topological polar surface area (TPSA) is 37.9 Å². The number of methoxy groups -OCH3 is 1. The van der Waals surface area contributed by atoms with Gasteiger partial charge in [0, 0.05) is 24.1 Å². The predicted octanol–water partition coefficient (Wildman–Crippen LogP) is 3.77. The van der Waals surface area contributed by atoms with Crippen molar-refractivity contribution in [3.05, 3.63) is 64.8 Å². The van der Waals surface area contributed by atoms with Crippen molar-refractivity contribution in [2.45, 2.75) is 6.92 Å². The highest BCUT2D eigenvalue weighted by molar-refractivity contribution is 5.90. The number of aromatic nitrogens is 1. The van der Waals surface area contributed by atoms with Crippen LogP contribution in [0.4, 0.5) is 0 Å². The lowest BCUT2D eigenvalue weighted by molar-refractivity contribution is 0.415. The van der Waals surface area contributed by atoms with Crippen LogP contribution in [0.1, 0.15) is 22.4 Å². The molecule has 0 aliphatic heterocycles. The lowest BCUT2D eigenvalue weighted by atomic mass is 10.1. The molecule has 0 aliphatic rings. The van der Waals surface area contributed by atoms with Crippen LogP contribution in [0.3, 0.4) is 0 Å². The number of aryl methyl sites for hydroxylation is 2. The first-order valence-electron chi connectivity index (χ1n) is 7.29. The molecule has 0 unspecified atom stereocenters. The molecule has 0 radical (unpaired) electrons. The summed E-state index contributed by atoms with van der Waals surface area (Å²) in [7, 11) is 3.55. The molecule has 23 heavy (non-hydrogen) atoms. The first-order valence-corrected chi connectivity index (χ1v) is 7.29. The van der Waals surface area contributed by atoms with Crippen LogP contribution >= 0.6 is 0 Å². The van der Waals surface area contributed by atoms with Crippen LogP contribution in [0.25, 0.3) is 10.9 Å². The summed E-state index contributed by atoms with van der Waals surface area (Å²) in [5.74, 6) is 7.05. The van der Waals surface area contributed by atoms with Crippen molar-refractivity contribution >= 4 is 10.9 Å². The van der Waals surface area contributed by atoms with Crippen molar-refractivity contribution in [3.8, 4) is 23.7 Å². The number of benzene rings is 2. The fraction of sp³-hybridized carbons (Fsp3) is 0.150. The minimum atomic E-state index is 0.602. The van der Waals surface area contributed by atoms with E-state index in [1.54, 1.807) is 7.11 Å². The van der Waals surface area contributed by atoms with Gasteiger partial charge in [0.2, 0.25) is 0 Å². The Morgan fingerprint density at radius 2 is 1.78 bits per heavy atom. The maximum atomic E-state index is 9.53. The summed E-state index contributed by atoms with van der Waals surface area (Å²) in [6.45, 7) is 2.04. The maximum Gasteiger partial charge on any atom is 0.120 e. The standard InChI is InChI=1S/C20H16N2O/c1-14-4-6-15(7-5-14)8-11-19-18(13-21)17-10-9-16(23-3)12-20(17)22(19)2/h4-7,9-10,12H,1-3H3. The smallest absolute Gasteiger partial charge is 0.120 e. The zero-order chi connectivity index (χ0) is 16.4. The monoisotopic (exact) mass is 300 g/mol. The summed E-state index contributed by atoms with van der Waals surface area (Å²) in [5.41, 5.74) is 4.39. The molecular weight excluding hydrogens is 284 g/mol. The van der Waals surface area contributed by atoms with E-state index in [4.69, 9.17) is 4.74 Å². The Hall–Kier alpha value is -3.17. The molecule has 0 bridgehead atoms. The molecule has 3 aromatic rings. The van der Waals surface area contributed by atoms with Gasteiger partial charge in [-0.2, -0.15) is 5.26 Å². The Kier molecular flexibility index (Phi) is 3.79. The van der Waals surface area contributed by atoms with E-state index in [1.807, 2.05) is 61.0 Å². The van der Waals surface area contributed by atoms with Gasteiger partial charge in [0.1, 0.15) is 17.5 Å². The third-order valence-electron chi connectivity index (χ3n) is 3.90. The van der Waals surface area contributed by atoms with Gasteiger partial charge in [-0.05, 0) is 37.1 Å². The van der Waals surface area contributed by atoms with Crippen molar-refractivity contribution < 1.29 is 4.74 Å². The Labute approximate surface area is 135 Å². The van der Waals surface area contributed by atoms with Crippen LogP contribution in [0.5, 0.6) is 5.75 Å². The van der Waals surface area contributed by atoms with E-state index in [0.717, 1.165) is 27.9 Å². The second kappa shape index (κ2) is 5.91. The summed E-state index contributed by atoms with van der Waals surface area (Å²) in [6.07, 6.45) is 0. The number of hydrogen-bond acceptors (Lipinski definition) is 2. The second-order valence-electron chi connectivity index (χ2n) is 5.39. The highest BCUT2D eigenvalue weighted by Crippen LogP contribution is 2.27. The molecule has 0 spiro atoms. The largest absolute Gasteiger partial charge is 0.497 e. The quantitative estimate of drug-likeness (QED) is 0.642. The van der Waals surface area contributed by atoms with Gasteiger partial charge in [0.25, 0.3) is 0 Å². The molecule has 3 heteroatoms. The lowest BCUT2D eigenvalue weighted by Gasteiger charge is -2.01. The van der Waals surface area contributed by atoms with Crippen molar-refractivity contribution in [3.63, 3.8) is 0 Å². The summed E-state index contributed by atoms with van der Waals surface area (Å²) in [5, 5.41) is 10.4. The summed E-state index contributed by atoms with van der Waals surface area (Å²) in [6, 6.07) is 16.0. The van der Waals surface area contributed by atoms with Gasteiger partial charge in [-0.1, -0.05) is 23.6 Å². The van der Waals surface area contributed by atoms with E-state index in [2.05, 4.69) is 17.9 Å². The van der Waals surface area contributed by atoms with E-state index in [1.165, 1.54) is 5.56 Å². The van der Waals surface area contributed by atoms with Gasteiger partial charge in [-0.25, -0.2) is 0 Å². The molecule has 1 heterocycles. The van der Waals surface area contributed by atoms with Crippen LogP contribution in [-0.2, 0) is 7.05 Å². The number of fused-ring (bicyclic) bond motifs is 1. The van der Waals surface area contributed by atoms with Gasteiger partial charge in [0.05, 0.1) is 18.2 Å². The van der Waals surface area contributed by atoms with Crippen LogP contribution in [0, 0.1) is 30.1 Å². The molecule has 0 saturated heterocycles. The average Bonchev–Trinajstić information content (AvgIpc) is 2.85. The van der Waals surface area contributed by atoms with Crippen LogP contribution in [0.2, 0.25) is 0 Å². The highest BCUT2D eigenvalue weighted by atomic mass is 16.5. The molecule has 0 saturated carbocycles. The third-order valence-corrected chi connectivity index (χ3v) is 3.90. The molecular formula is C20H16N2O. The number of rotatable bonds is 1. The fourth-order valence-corrected chi connectivity index (χ4v) is 2.57.